The molecule has 1 atom stereocenters. The van der Waals surface area contributed by atoms with Crippen molar-refractivity contribution in [2.24, 2.45) is 10.4 Å². The van der Waals surface area contributed by atoms with E-state index in [0.717, 1.165) is 10.9 Å². The number of nitrogens with zero attached hydrogens (tertiary/aromatic N) is 1. The molecule has 1 aliphatic rings. The summed E-state index contributed by atoms with van der Waals surface area (Å²) in [5.74, 6) is 1.15. The zero-order valence-corrected chi connectivity index (χ0v) is 12.8. The van der Waals surface area contributed by atoms with Crippen molar-refractivity contribution >= 4 is 16.9 Å². The quantitative estimate of drug-likeness (QED) is 0.845. The van der Waals surface area contributed by atoms with Gasteiger partial charge in [0, 0.05) is 18.9 Å². The zero-order valence-electron chi connectivity index (χ0n) is 12.0. The standard InChI is InChI=1S/C13H26N2OS/c1-12(2,3)10-7-8-17-11(15-10)14-9-13(4,5)16-6/h10H,7-9H2,1-6H3,(H,14,15). The fourth-order valence-electron chi connectivity index (χ4n) is 1.60. The molecule has 1 heterocycles. The fraction of sp³-hybridized carbons (Fsp3) is 0.923. The molecule has 0 amide bonds. The number of amidine groups is 1. The summed E-state index contributed by atoms with van der Waals surface area (Å²) in [4.78, 5) is 4.63. The lowest BCUT2D eigenvalue weighted by molar-refractivity contribution is 0.0311. The normalized spacial score (nSPS) is 24.8. The second-order valence-corrected chi connectivity index (χ2v) is 7.37. The van der Waals surface area contributed by atoms with Gasteiger partial charge in [0.2, 0.25) is 0 Å². The van der Waals surface area contributed by atoms with Gasteiger partial charge in [-0.25, -0.2) is 0 Å². The molecule has 0 aromatic heterocycles. The van der Waals surface area contributed by atoms with Crippen LogP contribution in [0.5, 0.6) is 0 Å². The molecule has 0 bridgehead atoms. The Morgan fingerprint density at radius 2 is 2.00 bits per heavy atom. The number of hydrogen-bond acceptors (Lipinski definition) is 3. The highest BCUT2D eigenvalue weighted by Crippen LogP contribution is 2.27. The number of aliphatic imine (C=N–C) groups is 1. The molecular formula is C13H26N2OS. The van der Waals surface area contributed by atoms with E-state index in [1.807, 2.05) is 11.8 Å². The monoisotopic (exact) mass is 258 g/mol. The third-order valence-electron chi connectivity index (χ3n) is 3.14. The third kappa shape index (κ3) is 4.88. The highest BCUT2D eigenvalue weighted by Gasteiger charge is 2.28. The van der Waals surface area contributed by atoms with Gasteiger partial charge in [-0.15, -0.1) is 0 Å². The number of ether oxygens (including phenoxy) is 1. The van der Waals surface area contributed by atoms with Gasteiger partial charge in [0.1, 0.15) is 0 Å². The summed E-state index contributed by atoms with van der Waals surface area (Å²) in [6.07, 6.45) is 1.21. The number of nitrogens with one attached hydrogen (secondary N) is 1. The average Bonchev–Trinajstić information content (AvgIpc) is 2.26. The first-order chi connectivity index (χ1) is 7.74. The van der Waals surface area contributed by atoms with Crippen molar-refractivity contribution in [1.82, 2.24) is 5.32 Å². The van der Waals surface area contributed by atoms with Gasteiger partial charge in [0.05, 0.1) is 12.1 Å². The molecule has 0 radical (unpaired) electrons. The predicted octanol–water partition coefficient (Wildman–Crippen LogP) is 2.91. The first-order valence-corrected chi connectivity index (χ1v) is 7.22. The van der Waals surface area contributed by atoms with E-state index in [0.29, 0.717) is 18.0 Å². The molecule has 1 fully saturated rings. The third-order valence-corrected chi connectivity index (χ3v) is 4.10. The minimum Gasteiger partial charge on any atom is -0.377 e. The Labute approximate surface area is 110 Å². The molecule has 1 rings (SSSR count). The highest BCUT2D eigenvalue weighted by atomic mass is 32.2. The Kier molecular flexibility index (Phi) is 4.90. The number of hydrogen-bond donors (Lipinski definition) is 1. The van der Waals surface area contributed by atoms with Crippen molar-refractivity contribution < 1.29 is 4.74 Å². The van der Waals surface area contributed by atoms with Gasteiger partial charge in [0.25, 0.3) is 0 Å². The van der Waals surface area contributed by atoms with Gasteiger partial charge in [-0.2, -0.15) is 0 Å². The average molecular weight is 258 g/mol. The van der Waals surface area contributed by atoms with Crippen molar-refractivity contribution in [3.05, 3.63) is 0 Å². The van der Waals surface area contributed by atoms with Crippen LogP contribution in [0.2, 0.25) is 0 Å². The Hall–Kier alpha value is -0.220. The van der Waals surface area contributed by atoms with Gasteiger partial charge in [-0.1, -0.05) is 32.5 Å². The van der Waals surface area contributed by atoms with E-state index in [9.17, 15) is 0 Å². The lowest BCUT2D eigenvalue weighted by Gasteiger charge is -2.35. The van der Waals surface area contributed by atoms with Crippen molar-refractivity contribution in [2.45, 2.75) is 52.7 Å². The second kappa shape index (κ2) is 5.61. The molecule has 1 aliphatic heterocycles. The lowest BCUT2D eigenvalue weighted by atomic mass is 9.85. The molecule has 1 N–H and O–H groups in total. The van der Waals surface area contributed by atoms with Crippen LogP contribution in [0.25, 0.3) is 0 Å². The molecule has 0 aliphatic carbocycles. The van der Waals surface area contributed by atoms with Crippen LogP contribution >= 0.6 is 11.8 Å². The maximum Gasteiger partial charge on any atom is 0.156 e. The van der Waals surface area contributed by atoms with E-state index in [1.54, 1.807) is 7.11 Å². The summed E-state index contributed by atoms with van der Waals surface area (Å²) < 4.78 is 5.38. The van der Waals surface area contributed by atoms with Crippen molar-refractivity contribution in [1.29, 1.82) is 0 Å². The molecule has 4 heteroatoms. The van der Waals surface area contributed by atoms with Crippen LogP contribution in [0.1, 0.15) is 41.0 Å². The molecule has 0 aromatic carbocycles. The first kappa shape index (κ1) is 14.8. The Morgan fingerprint density at radius 3 is 2.53 bits per heavy atom. The van der Waals surface area contributed by atoms with Gasteiger partial charge < -0.3 is 10.1 Å². The molecule has 3 nitrogen and oxygen atoms in total. The number of thioether (sulfide) groups is 1. The molecule has 1 unspecified atom stereocenters. The topological polar surface area (TPSA) is 33.6 Å². The second-order valence-electron chi connectivity index (χ2n) is 6.29. The molecule has 100 valence electrons. The summed E-state index contributed by atoms with van der Waals surface area (Å²) in [5, 5.41) is 4.62. The largest absolute Gasteiger partial charge is 0.377 e. The minimum absolute atomic E-state index is 0.177. The van der Waals surface area contributed by atoms with E-state index in [2.05, 4.69) is 44.9 Å². The summed E-state index contributed by atoms with van der Waals surface area (Å²) in [7, 11) is 1.74. The minimum atomic E-state index is -0.177. The van der Waals surface area contributed by atoms with E-state index in [-0.39, 0.29) is 5.60 Å². The van der Waals surface area contributed by atoms with Crippen LogP contribution in [-0.2, 0) is 4.74 Å². The number of rotatable bonds is 3. The summed E-state index contributed by atoms with van der Waals surface area (Å²) in [6, 6.07) is 0.521. The molecular weight excluding hydrogens is 232 g/mol. The van der Waals surface area contributed by atoms with Crippen LogP contribution in [0.4, 0.5) is 0 Å². The van der Waals surface area contributed by atoms with Crippen LogP contribution in [0.15, 0.2) is 4.99 Å². The summed E-state index contributed by atoms with van der Waals surface area (Å²) in [6.45, 7) is 11.7. The summed E-state index contributed by atoms with van der Waals surface area (Å²) in [5.41, 5.74) is 0.114. The van der Waals surface area contributed by atoms with E-state index in [1.165, 1.54) is 6.42 Å². The molecule has 17 heavy (non-hydrogen) atoms. The highest BCUT2D eigenvalue weighted by molar-refractivity contribution is 8.13. The van der Waals surface area contributed by atoms with Crippen LogP contribution < -0.4 is 5.32 Å². The Morgan fingerprint density at radius 1 is 1.35 bits per heavy atom. The van der Waals surface area contributed by atoms with Crippen LogP contribution in [0.3, 0.4) is 0 Å². The van der Waals surface area contributed by atoms with Crippen molar-refractivity contribution in [3.8, 4) is 0 Å². The van der Waals surface area contributed by atoms with Crippen LogP contribution in [0, 0.1) is 5.41 Å². The van der Waals surface area contributed by atoms with E-state index < -0.39 is 0 Å². The smallest absolute Gasteiger partial charge is 0.156 e. The van der Waals surface area contributed by atoms with Crippen LogP contribution in [-0.4, -0.2) is 36.2 Å². The first-order valence-electron chi connectivity index (χ1n) is 6.23. The van der Waals surface area contributed by atoms with Gasteiger partial charge >= 0.3 is 0 Å². The van der Waals surface area contributed by atoms with Crippen molar-refractivity contribution in [3.63, 3.8) is 0 Å². The van der Waals surface area contributed by atoms with E-state index >= 15 is 0 Å². The van der Waals surface area contributed by atoms with E-state index in [4.69, 9.17) is 4.74 Å². The zero-order chi connectivity index (χ0) is 13.1. The van der Waals surface area contributed by atoms with Crippen molar-refractivity contribution in [2.75, 3.05) is 19.4 Å². The van der Waals surface area contributed by atoms with Gasteiger partial charge in [-0.3, -0.25) is 4.99 Å². The summed E-state index contributed by atoms with van der Waals surface area (Å²) >= 11 is 1.82. The molecule has 0 saturated carbocycles. The SMILES string of the molecule is COC(C)(C)CN=C1NC(C(C)(C)C)CCS1. The lowest BCUT2D eigenvalue weighted by Crippen LogP contribution is -2.46. The van der Waals surface area contributed by atoms with Gasteiger partial charge in [0.15, 0.2) is 5.17 Å². The maximum absolute atomic E-state index is 5.38. The Balaban J connectivity index is 2.58. The predicted molar refractivity (Wildman–Crippen MR) is 76.8 cm³/mol. The maximum atomic E-state index is 5.38. The molecule has 1 saturated heterocycles. The number of methoxy groups -OCH3 is 1. The van der Waals surface area contributed by atoms with Gasteiger partial charge in [-0.05, 0) is 25.7 Å². The fourth-order valence-corrected chi connectivity index (χ4v) is 2.53. The Bertz CT molecular complexity index is 282. The molecule has 0 spiro atoms. The molecule has 0 aromatic rings.